The summed E-state index contributed by atoms with van der Waals surface area (Å²) in [7, 11) is 2.98. The molecule has 9 nitrogen and oxygen atoms in total. The van der Waals surface area contributed by atoms with E-state index in [2.05, 4.69) is 4.98 Å². The summed E-state index contributed by atoms with van der Waals surface area (Å²) in [5.41, 5.74) is 3.28. The van der Waals surface area contributed by atoms with Crippen LogP contribution in [-0.2, 0) is 16.2 Å². The Kier molecular flexibility index (Phi) is 8.31. The minimum Gasteiger partial charge on any atom is -0.507 e. The lowest BCUT2D eigenvalue weighted by Gasteiger charge is -2.23. The lowest BCUT2D eigenvalue weighted by atomic mass is 9.95. The number of Topliss-reactive ketones (excluding diaryl/α,β-unsaturated/α-hetero) is 2. The third-order valence-electron chi connectivity index (χ3n) is 7.09. The maximum absolute atomic E-state index is 13.6. The average molecular weight is 599 g/mol. The van der Waals surface area contributed by atoms with Gasteiger partial charge >= 0.3 is 5.91 Å². The number of benzene rings is 3. The fourth-order valence-corrected chi connectivity index (χ4v) is 6.00. The summed E-state index contributed by atoms with van der Waals surface area (Å²) in [4.78, 5) is 45.3. The second-order valence-electron chi connectivity index (χ2n) is 10.1. The molecule has 2 heterocycles. The number of anilines is 1. The number of carbonyl (C=O) groups is 3. The monoisotopic (exact) mass is 598 g/mol. The molecule has 1 unspecified atom stereocenters. The summed E-state index contributed by atoms with van der Waals surface area (Å²) in [6.07, 6.45) is 0. The summed E-state index contributed by atoms with van der Waals surface area (Å²) in [6, 6.07) is 18.6. The van der Waals surface area contributed by atoms with Gasteiger partial charge in [-0.25, -0.2) is 4.98 Å². The average Bonchev–Trinajstić information content (AvgIpc) is 3.52. The van der Waals surface area contributed by atoms with Gasteiger partial charge in [-0.2, -0.15) is 0 Å². The first-order chi connectivity index (χ1) is 20.6. The Hall–Kier alpha value is -4.96. The van der Waals surface area contributed by atoms with Crippen molar-refractivity contribution < 1.29 is 33.7 Å². The van der Waals surface area contributed by atoms with Crippen molar-refractivity contribution in [1.29, 1.82) is 0 Å². The third kappa shape index (κ3) is 5.74. The van der Waals surface area contributed by atoms with E-state index in [4.69, 9.17) is 14.2 Å². The van der Waals surface area contributed by atoms with Crippen molar-refractivity contribution in [2.24, 2.45) is 0 Å². The van der Waals surface area contributed by atoms with Gasteiger partial charge in [0.25, 0.3) is 5.78 Å². The first-order valence-electron chi connectivity index (χ1n) is 13.4. The van der Waals surface area contributed by atoms with E-state index in [-0.39, 0.29) is 22.2 Å². The van der Waals surface area contributed by atoms with Crippen LogP contribution < -0.4 is 19.1 Å². The van der Waals surface area contributed by atoms with Crippen LogP contribution >= 0.6 is 11.3 Å². The van der Waals surface area contributed by atoms with E-state index in [0.717, 1.165) is 22.5 Å². The Bertz CT molecular complexity index is 1760. The lowest BCUT2D eigenvalue weighted by molar-refractivity contribution is -0.132. The van der Waals surface area contributed by atoms with E-state index in [1.54, 1.807) is 49.4 Å². The van der Waals surface area contributed by atoms with Crippen LogP contribution in [0.2, 0.25) is 0 Å². The molecule has 0 bridgehead atoms. The number of ketones is 2. The number of ether oxygens (including phenoxy) is 3. The van der Waals surface area contributed by atoms with Crippen molar-refractivity contribution in [3.63, 3.8) is 0 Å². The van der Waals surface area contributed by atoms with E-state index in [0.29, 0.717) is 45.6 Å². The summed E-state index contributed by atoms with van der Waals surface area (Å²) in [5, 5.41) is 11.7. The molecular weight excluding hydrogens is 568 g/mol. The quantitative estimate of drug-likeness (QED) is 0.105. The van der Waals surface area contributed by atoms with Gasteiger partial charge in [0, 0.05) is 12.5 Å². The molecule has 0 radical (unpaired) electrons. The normalized spacial score (nSPS) is 15.9. The van der Waals surface area contributed by atoms with Gasteiger partial charge in [0.15, 0.2) is 22.4 Å². The molecule has 1 N–H and O–H groups in total. The van der Waals surface area contributed by atoms with Crippen LogP contribution in [0.4, 0.5) is 5.13 Å². The molecule has 3 aromatic carbocycles. The minimum atomic E-state index is -1.05. The van der Waals surface area contributed by atoms with Crippen LogP contribution in [-0.4, -0.2) is 41.8 Å². The van der Waals surface area contributed by atoms with E-state index < -0.39 is 17.7 Å². The molecule has 1 aliphatic rings. The van der Waals surface area contributed by atoms with Gasteiger partial charge < -0.3 is 19.3 Å². The topological polar surface area (TPSA) is 115 Å². The molecule has 1 saturated heterocycles. The summed E-state index contributed by atoms with van der Waals surface area (Å²) in [6.45, 7) is 5.46. The highest BCUT2D eigenvalue weighted by molar-refractivity contribution is 7.18. The number of hydrogen-bond acceptors (Lipinski definition) is 9. The maximum atomic E-state index is 13.6. The van der Waals surface area contributed by atoms with E-state index in [1.165, 1.54) is 26.0 Å². The number of rotatable bonds is 9. The molecule has 0 saturated carbocycles. The van der Waals surface area contributed by atoms with Gasteiger partial charge in [-0.15, -0.1) is 0 Å². The molecule has 220 valence electrons. The number of methoxy groups -OCH3 is 2. The van der Waals surface area contributed by atoms with Crippen molar-refractivity contribution in [2.75, 3.05) is 19.1 Å². The van der Waals surface area contributed by atoms with Crippen molar-refractivity contribution in [2.45, 2.75) is 33.4 Å². The Morgan fingerprint density at radius 3 is 2.33 bits per heavy atom. The molecule has 4 aromatic rings. The van der Waals surface area contributed by atoms with Crippen LogP contribution in [0, 0.1) is 13.8 Å². The summed E-state index contributed by atoms with van der Waals surface area (Å²) in [5.74, 6) is -0.910. The molecule has 5 rings (SSSR count). The highest BCUT2D eigenvalue weighted by Gasteiger charge is 2.48. The number of carbonyl (C=O) groups excluding carboxylic acids is 3. The zero-order chi connectivity index (χ0) is 30.8. The molecule has 1 atom stereocenters. The van der Waals surface area contributed by atoms with Crippen LogP contribution in [0.1, 0.15) is 50.6 Å². The van der Waals surface area contributed by atoms with Gasteiger partial charge in [-0.1, -0.05) is 47.2 Å². The van der Waals surface area contributed by atoms with E-state index in [1.807, 2.05) is 31.2 Å². The Morgan fingerprint density at radius 1 is 0.977 bits per heavy atom. The van der Waals surface area contributed by atoms with Gasteiger partial charge in [0.2, 0.25) is 0 Å². The van der Waals surface area contributed by atoms with Gasteiger partial charge in [0.05, 0.1) is 36.4 Å². The molecule has 1 fully saturated rings. The number of thiazole rings is 1. The van der Waals surface area contributed by atoms with Crippen molar-refractivity contribution >= 4 is 39.7 Å². The fourth-order valence-electron chi connectivity index (χ4n) is 5.01. The fraction of sp³-hybridized carbons (Fsp3) is 0.212. The van der Waals surface area contributed by atoms with Crippen molar-refractivity contribution in [1.82, 2.24) is 4.98 Å². The lowest BCUT2D eigenvalue weighted by Crippen LogP contribution is -2.29. The second-order valence-corrected chi connectivity index (χ2v) is 11.0. The molecular formula is C33H30N2O7S. The highest BCUT2D eigenvalue weighted by Crippen LogP contribution is 2.45. The van der Waals surface area contributed by atoms with Crippen molar-refractivity contribution in [3.8, 4) is 17.2 Å². The number of aryl methyl sites for hydroxylation is 2. The molecule has 1 aromatic heterocycles. The van der Waals surface area contributed by atoms with Crippen LogP contribution in [0.15, 0.2) is 72.3 Å². The van der Waals surface area contributed by atoms with Crippen LogP contribution in [0.5, 0.6) is 17.2 Å². The van der Waals surface area contributed by atoms with Gasteiger partial charge in [0.1, 0.15) is 18.1 Å². The Labute approximate surface area is 253 Å². The number of amides is 1. The highest BCUT2D eigenvalue weighted by atomic mass is 32.1. The predicted octanol–water partition coefficient (Wildman–Crippen LogP) is 6.19. The minimum absolute atomic E-state index is 0.122. The Morgan fingerprint density at radius 2 is 1.70 bits per heavy atom. The third-order valence-corrected chi connectivity index (χ3v) is 8.35. The molecule has 1 amide bonds. The standard InChI is InChI=1S/C33H30N2O7S/c1-18-7-6-8-21(15-18)17-42-24-12-9-22(10-13-24)29(37)27-28(23-11-14-25(40-4)26(16-23)41-5)35(32(39)30(27)38)33-34-19(2)31(43-33)20(3)36/h6-16,28,37H,17H2,1-5H3/b29-27+. The molecule has 43 heavy (non-hydrogen) atoms. The Balaban J connectivity index is 1.57. The van der Waals surface area contributed by atoms with Crippen molar-refractivity contribution in [3.05, 3.63) is 105 Å². The van der Waals surface area contributed by atoms with Gasteiger partial charge in [-0.05, 0) is 61.4 Å². The molecule has 10 heteroatoms. The van der Waals surface area contributed by atoms with Crippen LogP contribution in [0.3, 0.4) is 0 Å². The number of aromatic nitrogens is 1. The molecule has 0 aliphatic carbocycles. The first kappa shape index (κ1) is 29.5. The number of nitrogens with zero attached hydrogens (tertiary/aromatic N) is 2. The van der Waals surface area contributed by atoms with E-state index in [9.17, 15) is 19.5 Å². The number of hydrogen-bond donors (Lipinski definition) is 1. The van der Waals surface area contributed by atoms with Crippen LogP contribution in [0.25, 0.3) is 5.76 Å². The zero-order valence-corrected chi connectivity index (χ0v) is 25.2. The van der Waals surface area contributed by atoms with Gasteiger partial charge in [-0.3, -0.25) is 19.3 Å². The summed E-state index contributed by atoms with van der Waals surface area (Å²) >= 11 is 1.02. The second kappa shape index (κ2) is 12.1. The molecule has 0 spiro atoms. The smallest absolute Gasteiger partial charge is 0.301 e. The molecule has 1 aliphatic heterocycles. The predicted molar refractivity (Wildman–Crippen MR) is 163 cm³/mol. The first-order valence-corrected chi connectivity index (χ1v) is 14.2. The summed E-state index contributed by atoms with van der Waals surface area (Å²) < 4.78 is 16.7. The number of aliphatic hydroxyl groups excluding tert-OH is 1. The zero-order valence-electron chi connectivity index (χ0n) is 24.3. The number of aliphatic hydroxyl groups is 1. The largest absolute Gasteiger partial charge is 0.507 e. The SMILES string of the molecule is COc1ccc(C2/C(=C(\O)c3ccc(OCc4cccc(C)c4)cc3)C(=O)C(=O)N2c2nc(C)c(C(C)=O)s2)cc1OC. The van der Waals surface area contributed by atoms with E-state index >= 15 is 0 Å². The maximum Gasteiger partial charge on any atom is 0.301 e.